The predicted octanol–water partition coefficient (Wildman–Crippen LogP) is 6.44. The molecule has 0 spiro atoms. The van der Waals surface area contributed by atoms with Crippen molar-refractivity contribution >= 4 is 33.6 Å². The Balaban J connectivity index is 2.02. The van der Waals surface area contributed by atoms with Crippen molar-refractivity contribution in [2.75, 3.05) is 19.1 Å². The van der Waals surface area contributed by atoms with Gasteiger partial charge in [0.2, 0.25) is 0 Å². The van der Waals surface area contributed by atoms with Gasteiger partial charge in [0, 0.05) is 4.47 Å². The fraction of sp³-hybridized carbons (Fsp3) is 0.138. The van der Waals surface area contributed by atoms with E-state index in [1.165, 1.54) is 18.2 Å². The topological polar surface area (TPSA) is 115 Å². The number of methoxy groups -OCH3 is 2. The highest BCUT2D eigenvalue weighted by Gasteiger charge is 2.44. The molecule has 0 aliphatic carbocycles. The molecule has 0 radical (unpaired) electrons. The summed E-state index contributed by atoms with van der Waals surface area (Å²) in [6, 6.07) is 14.1. The summed E-state index contributed by atoms with van der Waals surface area (Å²) in [6.07, 6.45) is -5.04. The molecule has 14 heteroatoms. The summed E-state index contributed by atoms with van der Waals surface area (Å²) in [5, 5.41) is 10.2. The molecule has 1 aliphatic rings. The van der Waals surface area contributed by atoms with Crippen LogP contribution >= 0.6 is 15.9 Å². The highest BCUT2D eigenvalue weighted by molar-refractivity contribution is 9.10. The molecule has 0 bridgehead atoms. The number of benzene rings is 3. The van der Waals surface area contributed by atoms with Crippen molar-refractivity contribution in [3.8, 4) is 17.6 Å². The zero-order valence-electron chi connectivity index (χ0n) is 22.1. The summed E-state index contributed by atoms with van der Waals surface area (Å²) in [4.78, 5) is 27.5. The van der Waals surface area contributed by atoms with E-state index in [-0.39, 0.29) is 39.3 Å². The quantitative estimate of drug-likeness (QED) is 0.237. The Morgan fingerprint density at radius 2 is 1.58 bits per heavy atom. The number of hydrogen-bond donors (Lipinski definition) is 1. The van der Waals surface area contributed by atoms with Gasteiger partial charge in [-0.25, -0.2) is 18.4 Å². The molecule has 0 saturated heterocycles. The maximum Gasteiger partial charge on any atom is 0.416 e. The van der Waals surface area contributed by atoms with E-state index in [2.05, 4.69) is 15.9 Å². The van der Waals surface area contributed by atoms with E-state index in [9.17, 15) is 36.8 Å². The molecule has 8 nitrogen and oxygen atoms in total. The number of hydrogen-bond acceptors (Lipinski definition) is 8. The van der Waals surface area contributed by atoms with Gasteiger partial charge in [0.1, 0.15) is 11.5 Å². The van der Waals surface area contributed by atoms with Crippen LogP contribution in [0.4, 0.5) is 27.6 Å². The number of nitrogens with two attached hydrogens (primary N) is 1. The Morgan fingerprint density at radius 1 is 0.977 bits per heavy atom. The molecule has 1 atom stereocenters. The number of alkyl halides is 3. The van der Waals surface area contributed by atoms with Gasteiger partial charge in [-0.3, -0.25) is 4.90 Å². The fourth-order valence-electron chi connectivity index (χ4n) is 4.45. The van der Waals surface area contributed by atoms with E-state index in [1.54, 1.807) is 30.3 Å². The third-order valence-electron chi connectivity index (χ3n) is 6.31. The van der Waals surface area contributed by atoms with Crippen molar-refractivity contribution in [2.24, 2.45) is 5.73 Å². The third kappa shape index (κ3) is 5.89. The maximum atomic E-state index is 14.8. The van der Waals surface area contributed by atoms with Crippen LogP contribution in [0.2, 0.25) is 0 Å². The van der Waals surface area contributed by atoms with Gasteiger partial charge >= 0.3 is 18.1 Å². The first-order valence-corrected chi connectivity index (χ1v) is 12.8. The van der Waals surface area contributed by atoms with Gasteiger partial charge in [-0.2, -0.15) is 18.4 Å². The van der Waals surface area contributed by atoms with Crippen molar-refractivity contribution < 1.29 is 45.8 Å². The van der Waals surface area contributed by atoms with Crippen molar-refractivity contribution in [3.63, 3.8) is 0 Å². The fourth-order valence-corrected chi connectivity index (χ4v) is 4.79. The Kier molecular flexibility index (Phi) is 8.77. The molecule has 222 valence electrons. The van der Waals surface area contributed by atoms with Crippen LogP contribution in [0.15, 0.2) is 87.8 Å². The van der Waals surface area contributed by atoms with E-state index in [4.69, 9.17) is 19.9 Å². The smallest absolute Gasteiger partial charge is 0.416 e. The highest BCUT2D eigenvalue weighted by Crippen LogP contribution is 2.47. The first-order chi connectivity index (χ1) is 20.3. The highest BCUT2D eigenvalue weighted by atomic mass is 79.9. The number of rotatable bonds is 6. The Morgan fingerprint density at radius 3 is 2.12 bits per heavy atom. The average Bonchev–Trinajstić information content (AvgIpc) is 2.97. The lowest BCUT2D eigenvalue weighted by Crippen LogP contribution is -2.40. The monoisotopic (exact) mass is 663 g/mol. The van der Waals surface area contributed by atoms with E-state index < -0.39 is 58.4 Å². The lowest BCUT2D eigenvalue weighted by atomic mass is 9.81. The Hall–Kier alpha value is -4.90. The van der Waals surface area contributed by atoms with Crippen LogP contribution in [0, 0.1) is 23.0 Å². The van der Waals surface area contributed by atoms with E-state index in [1.807, 2.05) is 6.07 Å². The molecule has 0 amide bonds. The van der Waals surface area contributed by atoms with Gasteiger partial charge in [0.15, 0.2) is 23.1 Å². The van der Waals surface area contributed by atoms with Crippen LogP contribution < -0.4 is 15.4 Å². The lowest BCUT2D eigenvalue weighted by molar-refractivity contribution is -0.139. The van der Waals surface area contributed by atoms with Crippen LogP contribution in [0.3, 0.4) is 0 Å². The number of carbonyl (C=O) groups excluding carboxylic acids is 2. The summed E-state index contributed by atoms with van der Waals surface area (Å²) in [6.45, 7) is 0. The molecule has 3 aromatic rings. The van der Waals surface area contributed by atoms with Crippen molar-refractivity contribution in [1.29, 1.82) is 5.26 Å². The molecule has 0 saturated carbocycles. The second kappa shape index (κ2) is 12.1. The Labute approximate surface area is 249 Å². The molecule has 0 fully saturated rings. The molecule has 1 unspecified atom stereocenters. The molecular formula is C29H19BrF5N3O5. The number of ether oxygens (including phenoxy) is 3. The summed E-state index contributed by atoms with van der Waals surface area (Å²) in [7, 11) is 2.07. The van der Waals surface area contributed by atoms with Crippen LogP contribution in [0.25, 0.3) is 0 Å². The first kappa shape index (κ1) is 31.0. The zero-order valence-corrected chi connectivity index (χ0v) is 23.7. The molecule has 0 aromatic heterocycles. The minimum atomic E-state index is -5.04. The Bertz CT molecular complexity index is 1690. The average molecular weight is 664 g/mol. The number of allylic oxidation sites excluding steroid dienone is 1. The number of anilines is 1. The number of nitriles is 1. The standard InChI is InChI=1S/C29H19BrF5N3O5/c1-41-27(39)23-22(14-6-4-3-5-7-14)17(13-36)26(37)38(24(23)28(40)42-2)20-9-8-16(30)12-21(20)43-25-18(31)10-15(11-19(25)32)29(33,34)35/h3-12,22H,37H2,1-2H3. The summed E-state index contributed by atoms with van der Waals surface area (Å²) < 4.78 is 84.5. The minimum Gasteiger partial charge on any atom is -0.466 e. The van der Waals surface area contributed by atoms with Gasteiger partial charge in [-0.05, 0) is 35.9 Å². The number of nitrogens with zero attached hydrogens (tertiary/aromatic N) is 2. The van der Waals surface area contributed by atoms with Crippen molar-refractivity contribution in [2.45, 2.75) is 12.1 Å². The zero-order chi connectivity index (χ0) is 31.6. The van der Waals surface area contributed by atoms with Crippen molar-refractivity contribution in [1.82, 2.24) is 0 Å². The SMILES string of the molecule is COC(=O)C1=C(C(=O)OC)N(c2ccc(Br)cc2Oc2c(F)cc(C(F)(F)F)cc2F)C(N)=C(C#N)C1c1ccccc1. The van der Waals surface area contributed by atoms with Gasteiger partial charge in [-0.1, -0.05) is 46.3 Å². The van der Waals surface area contributed by atoms with Crippen LogP contribution in [-0.2, 0) is 25.2 Å². The molecule has 1 heterocycles. The van der Waals surface area contributed by atoms with Gasteiger partial charge in [0.05, 0.1) is 48.6 Å². The largest absolute Gasteiger partial charge is 0.466 e. The van der Waals surface area contributed by atoms with E-state index in [0.717, 1.165) is 19.1 Å². The second-order valence-electron chi connectivity index (χ2n) is 8.82. The van der Waals surface area contributed by atoms with Crippen molar-refractivity contribution in [3.05, 3.63) is 111 Å². The van der Waals surface area contributed by atoms with Gasteiger partial charge < -0.3 is 19.9 Å². The summed E-state index contributed by atoms with van der Waals surface area (Å²) >= 11 is 3.19. The van der Waals surface area contributed by atoms with E-state index in [0.29, 0.717) is 5.56 Å². The molecule has 43 heavy (non-hydrogen) atoms. The number of halogens is 6. The second-order valence-corrected chi connectivity index (χ2v) is 9.73. The summed E-state index contributed by atoms with van der Waals surface area (Å²) in [5.41, 5.74) is 3.95. The first-order valence-electron chi connectivity index (χ1n) is 12.0. The summed E-state index contributed by atoms with van der Waals surface area (Å²) in [5.74, 6) is -8.72. The molecule has 1 aliphatic heterocycles. The van der Waals surface area contributed by atoms with Crippen LogP contribution in [0.1, 0.15) is 17.0 Å². The minimum absolute atomic E-state index is 0.0542. The molecule has 4 rings (SSSR count). The number of esters is 2. The molecule has 3 aromatic carbocycles. The molecular weight excluding hydrogens is 645 g/mol. The normalized spacial score (nSPS) is 15.2. The van der Waals surface area contributed by atoms with E-state index >= 15 is 0 Å². The van der Waals surface area contributed by atoms with Gasteiger partial charge in [0.25, 0.3) is 0 Å². The van der Waals surface area contributed by atoms with Crippen LogP contribution in [0.5, 0.6) is 11.5 Å². The molecule has 2 N–H and O–H groups in total. The third-order valence-corrected chi connectivity index (χ3v) is 6.80. The lowest BCUT2D eigenvalue weighted by Gasteiger charge is -2.36. The predicted molar refractivity (Wildman–Crippen MR) is 145 cm³/mol. The van der Waals surface area contributed by atoms with Crippen LogP contribution in [-0.4, -0.2) is 26.2 Å². The number of carbonyl (C=O) groups is 2. The van der Waals surface area contributed by atoms with Gasteiger partial charge in [-0.15, -0.1) is 0 Å². The maximum absolute atomic E-state index is 14.8.